The SMILES string of the molecule is C[I-]C1CCC(C)CC1. The Morgan fingerprint density at radius 3 is 2.11 bits per heavy atom. The summed E-state index contributed by atoms with van der Waals surface area (Å²) in [4.78, 5) is 2.43. The summed E-state index contributed by atoms with van der Waals surface area (Å²) in [6, 6.07) is 0. The third kappa shape index (κ3) is 2.44. The van der Waals surface area contributed by atoms with E-state index >= 15 is 0 Å². The zero-order valence-corrected chi connectivity index (χ0v) is 8.52. The summed E-state index contributed by atoms with van der Waals surface area (Å²) in [5.74, 6) is 1.04. The van der Waals surface area contributed by atoms with Crippen molar-refractivity contribution in [3.8, 4) is 0 Å². The van der Waals surface area contributed by atoms with Crippen LogP contribution in [0.3, 0.4) is 0 Å². The number of hydrogen-bond donors (Lipinski definition) is 0. The van der Waals surface area contributed by atoms with Gasteiger partial charge in [-0.1, -0.05) is 0 Å². The third-order valence-corrected chi connectivity index (χ3v) is 5.26. The van der Waals surface area contributed by atoms with Gasteiger partial charge in [0.15, 0.2) is 0 Å². The van der Waals surface area contributed by atoms with Crippen LogP contribution in [0.4, 0.5) is 0 Å². The van der Waals surface area contributed by atoms with Crippen molar-refractivity contribution < 1.29 is 21.2 Å². The summed E-state index contributed by atoms with van der Waals surface area (Å²) in [5.41, 5.74) is 0. The van der Waals surface area contributed by atoms with Gasteiger partial charge in [0.05, 0.1) is 0 Å². The predicted octanol–water partition coefficient (Wildman–Crippen LogP) is -0.716. The van der Waals surface area contributed by atoms with Crippen molar-refractivity contribution in [1.29, 1.82) is 0 Å². The van der Waals surface area contributed by atoms with Crippen LogP contribution in [0, 0.1) is 5.92 Å². The molecule has 0 aromatic rings. The van der Waals surface area contributed by atoms with Gasteiger partial charge in [-0.3, -0.25) is 0 Å². The summed E-state index contributed by atoms with van der Waals surface area (Å²) in [7, 11) is 0. The van der Waals surface area contributed by atoms with E-state index in [4.69, 9.17) is 0 Å². The average molecular weight is 239 g/mol. The van der Waals surface area contributed by atoms with E-state index in [1.165, 1.54) is 16.8 Å². The first-order valence-corrected chi connectivity index (χ1v) is 7.21. The number of alkyl halides is 2. The molecule has 0 aromatic heterocycles. The molecule has 0 aromatic carbocycles. The first kappa shape index (κ1) is 7.83. The van der Waals surface area contributed by atoms with Crippen molar-refractivity contribution in [3.63, 3.8) is 0 Å². The van der Waals surface area contributed by atoms with Crippen LogP contribution in [0.15, 0.2) is 0 Å². The van der Waals surface area contributed by atoms with Gasteiger partial charge in [0.2, 0.25) is 0 Å². The fourth-order valence-electron chi connectivity index (χ4n) is 1.44. The van der Waals surface area contributed by atoms with Crippen LogP contribution in [-0.2, 0) is 0 Å². The monoisotopic (exact) mass is 239 g/mol. The summed E-state index contributed by atoms with van der Waals surface area (Å²) >= 11 is 0.567. The van der Waals surface area contributed by atoms with Gasteiger partial charge in [0.25, 0.3) is 0 Å². The van der Waals surface area contributed by atoms with E-state index in [0.717, 1.165) is 5.92 Å². The molecule has 0 spiro atoms. The molecule has 0 bridgehead atoms. The molecule has 1 fully saturated rings. The zero-order valence-electron chi connectivity index (χ0n) is 6.36. The molecule has 1 saturated carbocycles. The second-order valence-corrected chi connectivity index (χ2v) is 6.08. The van der Waals surface area contributed by atoms with Crippen LogP contribution in [0.5, 0.6) is 0 Å². The Hall–Kier alpha value is 0.730. The normalized spacial score (nSPS) is 37.1. The molecular weight excluding hydrogens is 223 g/mol. The molecule has 56 valence electrons. The summed E-state index contributed by atoms with van der Waals surface area (Å²) < 4.78 is 1.18. The van der Waals surface area contributed by atoms with Crippen molar-refractivity contribution in [3.05, 3.63) is 0 Å². The second kappa shape index (κ2) is 3.79. The topological polar surface area (TPSA) is 0 Å². The molecular formula is C8H16I-. The van der Waals surface area contributed by atoms with E-state index in [9.17, 15) is 0 Å². The summed E-state index contributed by atoms with van der Waals surface area (Å²) in [5, 5.41) is 0. The van der Waals surface area contributed by atoms with Gasteiger partial charge in [-0.2, -0.15) is 0 Å². The molecule has 0 N–H and O–H groups in total. The molecule has 1 aliphatic rings. The fourth-order valence-corrected chi connectivity index (χ4v) is 3.40. The molecule has 0 heterocycles. The average Bonchev–Trinajstić information content (AvgIpc) is 1.90. The Morgan fingerprint density at radius 2 is 1.67 bits per heavy atom. The van der Waals surface area contributed by atoms with Gasteiger partial charge < -0.3 is 0 Å². The molecule has 0 radical (unpaired) electrons. The molecule has 0 nitrogen and oxygen atoms in total. The minimum absolute atomic E-state index is 0.567. The van der Waals surface area contributed by atoms with Crippen LogP contribution in [0.2, 0.25) is 0 Å². The van der Waals surface area contributed by atoms with Crippen molar-refractivity contribution in [2.75, 3.05) is 4.93 Å². The summed E-state index contributed by atoms with van der Waals surface area (Å²) in [6.07, 6.45) is 6.12. The number of hydrogen-bond acceptors (Lipinski definition) is 0. The molecule has 9 heavy (non-hydrogen) atoms. The maximum atomic E-state index is 2.43. The fraction of sp³-hybridized carbons (Fsp3) is 1.00. The molecule has 1 heteroatoms. The van der Waals surface area contributed by atoms with Crippen molar-refractivity contribution >= 4 is 0 Å². The van der Waals surface area contributed by atoms with Gasteiger partial charge in [0, 0.05) is 0 Å². The molecule has 0 aliphatic heterocycles. The first-order chi connectivity index (χ1) is 4.33. The van der Waals surface area contributed by atoms with Gasteiger partial charge in [0.1, 0.15) is 0 Å². The van der Waals surface area contributed by atoms with Crippen molar-refractivity contribution in [1.82, 2.24) is 0 Å². The van der Waals surface area contributed by atoms with Gasteiger partial charge in [-0.15, -0.1) is 0 Å². The van der Waals surface area contributed by atoms with E-state index in [0.29, 0.717) is 21.2 Å². The predicted molar refractivity (Wildman–Crippen MR) is 37.3 cm³/mol. The Kier molecular flexibility index (Phi) is 3.30. The third-order valence-electron chi connectivity index (χ3n) is 2.25. The minimum atomic E-state index is 0.567. The van der Waals surface area contributed by atoms with E-state index in [1.54, 1.807) is 12.8 Å². The molecule has 0 unspecified atom stereocenters. The Bertz CT molecular complexity index is 72.6. The molecule has 0 saturated heterocycles. The van der Waals surface area contributed by atoms with Gasteiger partial charge >= 0.3 is 68.6 Å². The maximum absolute atomic E-state index is 2.43. The Morgan fingerprint density at radius 1 is 1.11 bits per heavy atom. The molecule has 1 rings (SSSR count). The number of rotatable bonds is 1. The van der Waals surface area contributed by atoms with Gasteiger partial charge in [-0.05, 0) is 0 Å². The molecule has 0 atom stereocenters. The first-order valence-electron chi connectivity index (χ1n) is 3.81. The van der Waals surface area contributed by atoms with Crippen molar-refractivity contribution in [2.24, 2.45) is 5.92 Å². The van der Waals surface area contributed by atoms with Crippen molar-refractivity contribution in [2.45, 2.75) is 36.5 Å². The summed E-state index contributed by atoms with van der Waals surface area (Å²) in [6.45, 7) is 2.39. The van der Waals surface area contributed by atoms with Crippen LogP contribution >= 0.6 is 0 Å². The molecule has 0 amide bonds. The Labute approximate surface area is 68.7 Å². The van der Waals surface area contributed by atoms with E-state index in [-0.39, 0.29) is 0 Å². The number of halogens is 1. The van der Waals surface area contributed by atoms with E-state index in [2.05, 4.69) is 11.9 Å². The van der Waals surface area contributed by atoms with E-state index in [1.807, 2.05) is 0 Å². The Balaban J connectivity index is 2.18. The standard InChI is InChI=1S/C8H16I/c1-7-3-5-8(9-2)6-4-7/h7-8H,3-6H2,1-2H3/q-1. The van der Waals surface area contributed by atoms with Crippen LogP contribution in [0.1, 0.15) is 32.6 Å². The van der Waals surface area contributed by atoms with Crippen LogP contribution < -0.4 is 21.2 Å². The van der Waals surface area contributed by atoms with Crippen LogP contribution in [0.25, 0.3) is 0 Å². The zero-order chi connectivity index (χ0) is 6.69. The van der Waals surface area contributed by atoms with Crippen LogP contribution in [-0.4, -0.2) is 8.86 Å². The second-order valence-electron chi connectivity index (χ2n) is 3.08. The van der Waals surface area contributed by atoms with E-state index < -0.39 is 0 Å². The quantitative estimate of drug-likeness (QED) is 0.418. The molecule has 1 aliphatic carbocycles. The van der Waals surface area contributed by atoms with Gasteiger partial charge in [-0.25, -0.2) is 0 Å².